The first-order valence-electron chi connectivity index (χ1n) is 12.0. The second kappa shape index (κ2) is 13.3. The predicted molar refractivity (Wildman–Crippen MR) is 139 cm³/mol. The molecule has 0 fully saturated rings. The van der Waals surface area contributed by atoms with Gasteiger partial charge in [0.1, 0.15) is 18.5 Å². The van der Waals surface area contributed by atoms with Crippen LogP contribution in [0, 0.1) is 5.92 Å². The van der Waals surface area contributed by atoms with Gasteiger partial charge in [0.05, 0.1) is 0 Å². The minimum absolute atomic E-state index is 0. The van der Waals surface area contributed by atoms with E-state index in [1.165, 1.54) is 11.1 Å². The van der Waals surface area contributed by atoms with Gasteiger partial charge in [-0.2, -0.15) is 0 Å². The topological polar surface area (TPSA) is 78.8 Å². The van der Waals surface area contributed by atoms with Crippen LogP contribution in [-0.4, -0.2) is 41.0 Å². The quantitative estimate of drug-likeness (QED) is 0.333. The lowest BCUT2D eigenvalue weighted by Gasteiger charge is -2.36. The third-order valence-electron chi connectivity index (χ3n) is 6.95. The van der Waals surface area contributed by atoms with E-state index in [0.29, 0.717) is 29.7 Å². The van der Waals surface area contributed by atoms with Crippen LogP contribution in [0.1, 0.15) is 56.2 Å². The number of β-amino-alcohol motifs (C(OH)–C–C–N with tert-alkyl or cyclic N) is 1. The standard InChI is InChI=1S/C27H36ClNO4.ClH/c1-3-27(4-2,16-19-13-20-7-5-6-8-21(20)14-19)29-17-23(30)18-33-24-10-11-25(28)22(15-24)9-12-26(31)32;/h5-8,10-11,15,19,23,29-30H,3-4,9,12-14,16-18H2,1-2H3,(H,31,32);1H/t23-;/m1./s1. The third-order valence-corrected chi connectivity index (χ3v) is 7.32. The molecule has 0 saturated heterocycles. The van der Waals surface area contributed by atoms with Gasteiger partial charge in [0.25, 0.3) is 0 Å². The lowest BCUT2D eigenvalue weighted by molar-refractivity contribution is -0.136. The molecule has 1 aliphatic rings. The van der Waals surface area contributed by atoms with Crippen LogP contribution in [0.15, 0.2) is 42.5 Å². The number of aliphatic carboxylic acids is 1. The van der Waals surface area contributed by atoms with Crippen molar-refractivity contribution < 1.29 is 19.7 Å². The van der Waals surface area contributed by atoms with Gasteiger partial charge in [0.15, 0.2) is 0 Å². The molecule has 0 radical (unpaired) electrons. The summed E-state index contributed by atoms with van der Waals surface area (Å²) in [4.78, 5) is 10.8. The molecular formula is C27H37Cl2NO4. The van der Waals surface area contributed by atoms with E-state index in [2.05, 4.69) is 43.4 Å². The number of fused-ring (bicyclic) bond motifs is 1. The molecule has 2 aromatic carbocycles. The Morgan fingerprint density at radius 2 is 1.82 bits per heavy atom. The molecule has 1 atom stereocenters. The molecule has 5 nitrogen and oxygen atoms in total. The minimum atomic E-state index is -0.865. The number of carboxylic acid groups (broad SMARTS) is 1. The van der Waals surface area contributed by atoms with Crippen molar-refractivity contribution in [2.45, 2.75) is 70.4 Å². The second-order valence-electron chi connectivity index (χ2n) is 9.23. The first-order chi connectivity index (χ1) is 15.8. The Bertz CT molecular complexity index is 908. The number of aliphatic hydroxyl groups excluding tert-OH is 1. The highest BCUT2D eigenvalue weighted by Crippen LogP contribution is 2.34. The number of aryl methyl sites for hydroxylation is 1. The molecule has 1 aliphatic carbocycles. The average molecular weight is 511 g/mol. The van der Waals surface area contributed by atoms with Crippen LogP contribution in [-0.2, 0) is 24.1 Å². The fraction of sp³-hybridized carbons (Fsp3) is 0.519. The summed E-state index contributed by atoms with van der Waals surface area (Å²) >= 11 is 6.17. The molecule has 188 valence electrons. The zero-order valence-electron chi connectivity index (χ0n) is 20.1. The molecule has 0 amide bonds. The Balaban J connectivity index is 0.00000408. The van der Waals surface area contributed by atoms with E-state index in [1.807, 2.05) is 0 Å². The van der Waals surface area contributed by atoms with Gasteiger partial charge < -0.3 is 20.3 Å². The molecule has 3 rings (SSSR count). The molecule has 0 saturated carbocycles. The Morgan fingerprint density at radius 3 is 2.41 bits per heavy atom. The number of hydrogen-bond acceptors (Lipinski definition) is 4. The Hall–Kier alpha value is -1.79. The van der Waals surface area contributed by atoms with Crippen LogP contribution in [0.3, 0.4) is 0 Å². The Morgan fingerprint density at radius 1 is 1.18 bits per heavy atom. The largest absolute Gasteiger partial charge is 0.491 e. The van der Waals surface area contributed by atoms with E-state index in [4.69, 9.17) is 21.4 Å². The van der Waals surface area contributed by atoms with Gasteiger partial charge in [0.2, 0.25) is 0 Å². The monoisotopic (exact) mass is 509 g/mol. The highest BCUT2D eigenvalue weighted by atomic mass is 35.5. The lowest BCUT2D eigenvalue weighted by Crippen LogP contribution is -2.49. The first-order valence-corrected chi connectivity index (χ1v) is 12.3. The fourth-order valence-electron chi connectivity index (χ4n) is 4.87. The first kappa shape index (κ1) is 28.4. The van der Waals surface area contributed by atoms with Crippen LogP contribution >= 0.6 is 24.0 Å². The number of ether oxygens (including phenoxy) is 1. The molecule has 7 heteroatoms. The molecule has 2 aromatic rings. The number of halogens is 2. The third kappa shape index (κ3) is 7.88. The van der Waals surface area contributed by atoms with Gasteiger partial charge >= 0.3 is 5.97 Å². The van der Waals surface area contributed by atoms with Gasteiger partial charge in [-0.15, -0.1) is 12.4 Å². The van der Waals surface area contributed by atoms with Crippen LogP contribution in [0.4, 0.5) is 0 Å². The second-order valence-corrected chi connectivity index (χ2v) is 9.63. The molecule has 0 unspecified atom stereocenters. The number of aliphatic hydroxyl groups is 1. The average Bonchev–Trinajstić information content (AvgIpc) is 3.22. The molecule has 0 spiro atoms. The molecule has 34 heavy (non-hydrogen) atoms. The fourth-order valence-corrected chi connectivity index (χ4v) is 5.08. The number of nitrogens with one attached hydrogen (secondary N) is 1. The van der Waals surface area contributed by atoms with E-state index in [0.717, 1.165) is 37.7 Å². The summed E-state index contributed by atoms with van der Waals surface area (Å²) in [5, 5.41) is 23.7. The van der Waals surface area contributed by atoms with Gasteiger partial charge in [-0.3, -0.25) is 4.79 Å². The number of carboxylic acids is 1. The number of benzene rings is 2. The molecule has 0 bridgehead atoms. The van der Waals surface area contributed by atoms with Crippen LogP contribution in [0.2, 0.25) is 5.02 Å². The van der Waals surface area contributed by atoms with Gasteiger partial charge in [0, 0.05) is 23.5 Å². The summed E-state index contributed by atoms with van der Waals surface area (Å²) in [6.07, 6.45) is 5.07. The van der Waals surface area contributed by atoms with Gasteiger partial charge in [-0.25, -0.2) is 0 Å². The maximum absolute atomic E-state index is 10.8. The van der Waals surface area contributed by atoms with Crippen molar-refractivity contribution in [1.29, 1.82) is 0 Å². The summed E-state index contributed by atoms with van der Waals surface area (Å²) in [5.41, 5.74) is 3.68. The summed E-state index contributed by atoms with van der Waals surface area (Å²) in [7, 11) is 0. The maximum atomic E-state index is 10.8. The molecular weight excluding hydrogens is 473 g/mol. The zero-order valence-corrected chi connectivity index (χ0v) is 21.6. The predicted octanol–water partition coefficient (Wildman–Crippen LogP) is 5.47. The highest BCUT2D eigenvalue weighted by molar-refractivity contribution is 6.31. The SMILES string of the molecule is CCC(CC)(CC1Cc2ccccc2C1)NC[C@@H](O)COc1ccc(Cl)c(CCC(=O)O)c1.Cl. The number of hydrogen-bond donors (Lipinski definition) is 3. The van der Waals surface area contributed by atoms with Crippen molar-refractivity contribution in [2.75, 3.05) is 13.2 Å². The lowest BCUT2D eigenvalue weighted by atomic mass is 9.81. The smallest absolute Gasteiger partial charge is 0.303 e. The van der Waals surface area contributed by atoms with Crippen molar-refractivity contribution >= 4 is 30.0 Å². The Labute approximate surface area is 214 Å². The molecule has 0 aliphatic heterocycles. The maximum Gasteiger partial charge on any atom is 0.303 e. The number of carbonyl (C=O) groups is 1. The van der Waals surface area contributed by atoms with Crippen molar-refractivity contribution in [3.63, 3.8) is 0 Å². The van der Waals surface area contributed by atoms with E-state index < -0.39 is 12.1 Å². The summed E-state index contributed by atoms with van der Waals surface area (Å²) in [6, 6.07) is 13.9. The van der Waals surface area contributed by atoms with E-state index in [-0.39, 0.29) is 31.0 Å². The summed E-state index contributed by atoms with van der Waals surface area (Å²) in [6.45, 7) is 5.05. The normalized spacial score (nSPS) is 14.4. The molecule has 0 heterocycles. The number of rotatable bonds is 13. The van der Waals surface area contributed by atoms with Crippen LogP contribution in [0.5, 0.6) is 5.75 Å². The highest BCUT2D eigenvalue weighted by Gasteiger charge is 2.32. The Kier molecular flexibility index (Phi) is 11.2. The molecule has 3 N–H and O–H groups in total. The van der Waals surface area contributed by atoms with E-state index in [1.54, 1.807) is 18.2 Å². The molecule has 0 aromatic heterocycles. The van der Waals surface area contributed by atoms with Crippen molar-refractivity contribution in [3.05, 3.63) is 64.2 Å². The van der Waals surface area contributed by atoms with Gasteiger partial charge in [-0.05, 0) is 79.3 Å². The minimum Gasteiger partial charge on any atom is -0.491 e. The van der Waals surface area contributed by atoms with E-state index >= 15 is 0 Å². The summed E-state index contributed by atoms with van der Waals surface area (Å²) in [5.74, 6) is 0.344. The van der Waals surface area contributed by atoms with Crippen molar-refractivity contribution in [1.82, 2.24) is 5.32 Å². The van der Waals surface area contributed by atoms with Crippen LogP contribution in [0.25, 0.3) is 0 Å². The summed E-state index contributed by atoms with van der Waals surface area (Å²) < 4.78 is 5.78. The van der Waals surface area contributed by atoms with Crippen molar-refractivity contribution in [2.24, 2.45) is 5.92 Å². The van der Waals surface area contributed by atoms with Crippen molar-refractivity contribution in [3.8, 4) is 5.75 Å². The van der Waals surface area contributed by atoms with Gasteiger partial charge in [-0.1, -0.05) is 49.7 Å². The zero-order chi connectivity index (χ0) is 23.8. The van der Waals surface area contributed by atoms with E-state index in [9.17, 15) is 9.90 Å². The van der Waals surface area contributed by atoms with Crippen LogP contribution < -0.4 is 10.1 Å².